The third-order valence-corrected chi connectivity index (χ3v) is 2.81. The van der Waals surface area contributed by atoms with Crippen molar-refractivity contribution in [3.05, 3.63) is 27.3 Å². The Kier molecular flexibility index (Phi) is 4.27. The van der Waals surface area contributed by atoms with E-state index in [1.807, 2.05) is 0 Å². The van der Waals surface area contributed by atoms with Gasteiger partial charge in [-0.15, -0.1) is 6.42 Å². The van der Waals surface area contributed by atoms with Crippen molar-refractivity contribution in [3.63, 3.8) is 0 Å². The molecule has 0 heterocycles. The van der Waals surface area contributed by atoms with Crippen molar-refractivity contribution in [3.8, 4) is 12.3 Å². The summed E-state index contributed by atoms with van der Waals surface area (Å²) in [4.78, 5) is 0. The minimum Gasteiger partial charge on any atom is -0.371 e. The third-order valence-electron chi connectivity index (χ3n) is 2.14. The van der Waals surface area contributed by atoms with E-state index in [9.17, 15) is 0 Å². The van der Waals surface area contributed by atoms with Crippen LogP contribution in [0.2, 0.25) is 0 Å². The van der Waals surface area contributed by atoms with E-state index >= 15 is 0 Å². The zero-order valence-electron chi connectivity index (χ0n) is 8.47. The summed E-state index contributed by atoms with van der Waals surface area (Å²) in [5.41, 5.74) is 2.38. The predicted octanol–water partition coefficient (Wildman–Crippen LogP) is 3.42. The molecular formula is C12H14IN. The SMILES string of the molecule is C#CC(CC)Nc1cc(I)ccc1C. The Bertz CT molecular complexity index is 352. The van der Waals surface area contributed by atoms with Gasteiger partial charge in [0.15, 0.2) is 0 Å². The maximum Gasteiger partial charge on any atom is 0.0871 e. The van der Waals surface area contributed by atoms with E-state index in [0.29, 0.717) is 0 Å². The maximum absolute atomic E-state index is 5.40. The number of hydrogen-bond acceptors (Lipinski definition) is 1. The first-order valence-electron chi connectivity index (χ1n) is 4.66. The lowest BCUT2D eigenvalue weighted by Crippen LogP contribution is -2.16. The van der Waals surface area contributed by atoms with Gasteiger partial charge in [-0.25, -0.2) is 0 Å². The Labute approximate surface area is 99.4 Å². The van der Waals surface area contributed by atoms with Gasteiger partial charge in [0.05, 0.1) is 6.04 Å². The summed E-state index contributed by atoms with van der Waals surface area (Å²) < 4.78 is 1.22. The van der Waals surface area contributed by atoms with Crippen LogP contribution in [0.25, 0.3) is 0 Å². The van der Waals surface area contributed by atoms with Crippen LogP contribution in [0.4, 0.5) is 5.69 Å². The van der Waals surface area contributed by atoms with Gasteiger partial charge < -0.3 is 5.32 Å². The second-order valence-electron chi connectivity index (χ2n) is 3.23. The van der Waals surface area contributed by atoms with E-state index in [0.717, 1.165) is 12.1 Å². The number of anilines is 1. The van der Waals surface area contributed by atoms with Gasteiger partial charge in [0.25, 0.3) is 0 Å². The largest absolute Gasteiger partial charge is 0.371 e. The number of terminal acetylenes is 1. The van der Waals surface area contributed by atoms with Crippen molar-refractivity contribution in [2.24, 2.45) is 0 Å². The molecule has 1 aromatic rings. The van der Waals surface area contributed by atoms with Gasteiger partial charge in [0.2, 0.25) is 0 Å². The van der Waals surface area contributed by atoms with Crippen LogP contribution in [0, 0.1) is 22.8 Å². The summed E-state index contributed by atoms with van der Waals surface area (Å²) in [7, 11) is 0. The molecule has 74 valence electrons. The van der Waals surface area contributed by atoms with E-state index in [1.54, 1.807) is 0 Å². The van der Waals surface area contributed by atoms with Gasteiger partial charge >= 0.3 is 0 Å². The highest BCUT2D eigenvalue weighted by Gasteiger charge is 2.04. The first-order valence-corrected chi connectivity index (χ1v) is 5.74. The molecule has 1 unspecified atom stereocenters. The van der Waals surface area contributed by atoms with Gasteiger partial charge in [0, 0.05) is 9.26 Å². The quantitative estimate of drug-likeness (QED) is 0.666. The summed E-state index contributed by atoms with van der Waals surface area (Å²) in [5.74, 6) is 2.73. The molecule has 0 saturated heterocycles. The molecule has 0 aliphatic heterocycles. The van der Waals surface area contributed by atoms with Gasteiger partial charge in [0.1, 0.15) is 0 Å². The molecular weight excluding hydrogens is 285 g/mol. The highest BCUT2D eigenvalue weighted by Crippen LogP contribution is 2.19. The zero-order valence-corrected chi connectivity index (χ0v) is 10.6. The van der Waals surface area contributed by atoms with Crippen LogP contribution in [-0.4, -0.2) is 6.04 Å². The number of rotatable bonds is 3. The smallest absolute Gasteiger partial charge is 0.0871 e. The van der Waals surface area contributed by atoms with E-state index in [1.165, 1.54) is 9.13 Å². The third kappa shape index (κ3) is 2.91. The molecule has 0 radical (unpaired) electrons. The van der Waals surface area contributed by atoms with Gasteiger partial charge in [-0.3, -0.25) is 0 Å². The number of hydrogen-bond donors (Lipinski definition) is 1. The average molecular weight is 299 g/mol. The van der Waals surface area contributed by atoms with Crippen molar-refractivity contribution in [2.45, 2.75) is 26.3 Å². The first kappa shape index (κ1) is 11.4. The molecule has 1 nitrogen and oxygen atoms in total. The van der Waals surface area contributed by atoms with Crippen LogP contribution >= 0.6 is 22.6 Å². The highest BCUT2D eigenvalue weighted by atomic mass is 127. The fourth-order valence-corrected chi connectivity index (χ4v) is 1.69. The fourth-order valence-electron chi connectivity index (χ4n) is 1.20. The van der Waals surface area contributed by atoms with Crippen LogP contribution in [-0.2, 0) is 0 Å². The summed E-state index contributed by atoms with van der Waals surface area (Å²) in [6.07, 6.45) is 6.35. The van der Waals surface area contributed by atoms with E-state index in [2.05, 4.69) is 65.9 Å². The predicted molar refractivity (Wildman–Crippen MR) is 70.4 cm³/mol. The van der Waals surface area contributed by atoms with Crippen LogP contribution in [0.15, 0.2) is 18.2 Å². The summed E-state index contributed by atoms with van der Waals surface area (Å²) in [6, 6.07) is 6.45. The molecule has 1 atom stereocenters. The monoisotopic (exact) mass is 299 g/mol. The molecule has 1 rings (SSSR count). The Morgan fingerprint density at radius 3 is 2.86 bits per heavy atom. The number of aryl methyl sites for hydroxylation is 1. The molecule has 0 amide bonds. The Hall–Kier alpha value is -0.690. The van der Waals surface area contributed by atoms with Crippen molar-refractivity contribution < 1.29 is 0 Å². The Morgan fingerprint density at radius 2 is 2.29 bits per heavy atom. The summed E-state index contributed by atoms with van der Waals surface area (Å²) >= 11 is 2.30. The molecule has 14 heavy (non-hydrogen) atoms. The van der Waals surface area contributed by atoms with Gasteiger partial charge in [-0.2, -0.15) is 0 Å². The summed E-state index contributed by atoms with van der Waals surface area (Å²) in [5, 5.41) is 3.35. The molecule has 2 heteroatoms. The first-order chi connectivity index (χ1) is 6.67. The normalized spacial score (nSPS) is 11.9. The van der Waals surface area contributed by atoms with Crippen LogP contribution in [0.1, 0.15) is 18.9 Å². The Balaban J connectivity index is 2.86. The molecule has 0 saturated carbocycles. The molecule has 0 aliphatic carbocycles. The van der Waals surface area contributed by atoms with Crippen molar-refractivity contribution >= 4 is 28.3 Å². The van der Waals surface area contributed by atoms with Crippen LogP contribution in [0.3, 0.4) is 0 Å². The molecule has 1 N–H and O–H groups in total. The second-order valence-corrected chi connectivity index (χ2v) is 4.48. The molecule has 0 aliphatic rings. The fraction of sp³-hybridized carbons (Fsp3) is 0.333. The van der Waals surface area contributed by atoms with Gasteiger partial charge in [-0.05, 0) is 53.6 Å². The highest BCUT2D eigenvalue weighted by molar-refractivity contribution is 14.1. The number of benzene rings is 1. The van der Waals surface area contributed by atoms with Crippen molar-refractivity contribution in [1.82, 2.24) is 0 Å². The van der Waals surface area contributed by atoms with Crippen LogP contribution in [0.5, 0.6) is 0 Å². The van der Waals surface area contributed by atoms with Crippen molar-refractivity contribution in [1.29, 1.82) is 0 Å². The van der Waals surface area contributed by atoms with E-state index < -0.39 is 0 Å². The lowest BCUT2D eigenvalue weighted by Gasteiger charge is -2.14. The topological polar surface area (TPSA) is 12.0 Å². The average Bonchev–Trinajstić information content (AvgIpc) is 2.19. The molecule has 0 fully saturated rings. The standard InChI is InChI=1S/C12H14IN/c1-4-11(5-2)14-12-8-10(13)7-6-9(12)3/h1,6-8,11,14H,5H2,2-3H3. The van der Waals surface area contributed by atoms with Crippen molar-refractivity contribution in [2.75, 3.05) is 5.32 Å². The molecule has 1 aromatic carbocycles. The lowest BCUT2D eigenvalue weighted by atomic mass is 10.1. The van der Waals surface area contributed by atoms with E-state index in [-0.39, 0.29) is 6.04 Å². The molecule has 0 bridgehead atoms. The van der Waals surface area contributed by atoms with E-state index in [4.69, 9.17) is 6.42 Å². The van der Waals surface area contributed by atoms with Crippen LogP contribution < -0.4 is 5.32 Å². The minimum atomic E-state index is 0.131. The maximum atomic E-state index is 5.40. The Morgan fingerprint density at radius 1 is 1.57 bits per heavy atom. The molecule has 0 aromatic heterocycles. The zero-order chi connectivity index (χ0) is 10.6. The molecule has 0 spiro atoms. The summed E-state index contributed by atoms with van der Waals surface area (Å²) in [6.45, 7) is 4.17. The second kappa shape index (κ2) is 5.26. The van der Waals surface area contributed by atoms with Gasteiger partial charge in [-0.1, -0.05) is 18.9 Å². The number of nitrogens with one attached hydrogen (secondary N) is 1. The minimum absolute atomic E-state index is 0.131. The number of halogens is 1. The lowest BCUT2D eigenvalue weighted by molar-refractivity contribution is 0.856.